The Morgan fingerprint density at radius 1 is 1.60 bits per heavy atom. The van der Waals surface area contributed by atoms with E-state index >= 15 is 0 Å². The predicted molar refractivity (Wildman–Crippen MR) is 41.5 cm³/mol. The number of nitrogens with two attached hydrogens (primary N) is 1. The number of hydrogen-bond acceptors (Lipinski definition) is 2. The van der Waals surface area contributed by atoms with Crippen LogP contribution in [0.2, 0.25) is 0 Å². The lowest BCUT2D eigenvalue weighted by atomic mass is 9.88. The van der Waals surface area contributed by atoms with Crippen LogP contribution in [0, 0.1) is 5.92 Å². The summed E-state index contributed by atoms with van der Waals surface area (Å²) in [6.45, 7) is 5.72. The number of likely N-dealkylation sites (N-methyl/N-ethyl adjacent to an activating group) is 1. The van der Waals surface area contributed by atoms with Gasteiger partial charge < -0.3 is 11.1 Å². The Balaban J connectivity index is 4.38. The molecule has 0 aromatic heterocycles. The second-order valence-electron chi connectivity index (χ2n) is 2.97. The lowest BCUT2D eigenvalue weighted by molar-refractivity contribution is -0.125. The monoisotopic (exact) mass is 144 g/mol. The average molecular weight is 144 g/mol. The van der Waals surface area contributed by atoms with Gasteiger partial charge in [-0.25, -0.2) is 0 Å². The Morgan fingerprint density at radius 3 is 2.00 bits per heavy atom. The van der Waals surface area contributed by atoms with E-state index in [1.165, 1.54) is 0 Å². The number of carbonyl (C=O) groups excluding carboxylic acids is 1. The van der Waals surface area contributed by atoms with Gasteiger partial charge in [0.25, 0.3) is 0 Å². The minimum absolute atomic E-state index is 0.218. The summed E-state index contributed by atoms with van der Waals surface area (Å²) < 4.78 is 0. The minimum Gasteiger partial charge on any atom is -0.368 e. The summed E-state index contributed by atoms with van der Waals surface area (Å²) in [5.74, 6) is -0.0833. The molecule has 0 aromatic carbocycles. The van der Waals surface area contributed by atoms with E-state index < -0.39 is 5.54 Å². The van der Waals surface area contributed by atoms with E-state index in [-0.39, 0.29) is 11.8 Å². The lowest BCUT2D eigenvalue weighted by Crippen LogP contribution is -2.55. The van der Waals surface area contributed by atoms with Gasteiger partial charge in [-0.3, -0.25) is 4.79 Å². The summed E-state index contributed by atoms with van der Waals surface area (Å²) >= 11 is 0. The Labute approximate surface area is 62.0 Å². The molecule has 10 heavy (non-hydrogen) atoms. The van der Waals surface area contributed by atoms with E-state index in [0.717, 1.165) is 0 Å². The van der Waals surface area contributed by atoms with E-state index in [4.69, 9.17) is 5.73 Å². The number of carbonyl (C=O) groups is 1. The van der Waals surface area contributed by atoms with Gasteiger partial charge in [-0.1, -0.05) is 13.8 Å². The predicted octanol–water partition coefficient (Wildman–Crippen LogP) is 0.106. The van der Waals surface area contributed by atoms with Crippen molar-refractivity contribution >= 4 is 5.91 Å². The summed E-state index contributed by atoms with van der Waals surface area (Å²) in [6.07, 6.45) is 0. The Morgan fingerprint density at radius 2 is 2.00 bits per heavy atom. The molecular weight excluding hydrogens is 128 g/mol. The molecule has 1 atom stereocenters. The molecule has 0 aromatic rings. The molecule has 0 saturated carbocycles. The fourth-order valence-electron chi connectivity index (χ4n) is 0.696. The second-order valence-corrected chi connectivity index (χ2v) is 2.97. The van der Waals surface area contributed by atoms with Crippen molar-refractivity contribution in [3.63, 3.8) is 0 Å². The van der Waals surface area contributed by atoms with Gasteiger partial charge in [-0.2, -0.15) is 0 Å². The van der Waals surface area contributed by atoms with Crippen LogP contribution in [0.3, 0.4) is 0 Å². The third-order valence-electron chi connectivity index (χ3n) is 2.19. The molecule has 1 unspecified atom stereocenters. The number of rotatable bonds is 3. The standard InChI is InChI=1S/C7H16N2O/c1-5(2)7(3,9-4)6(8)10/h5,9H,1-4H3,(H2,8,10). The molecule has 0 heterocycles. The van der Waals surface area contributed by atoms with Crippen LogP contribution in [0.1, 0.15) is 20.8 Å². The summed E-state index contributed by atoms with van der Waals surface area (Å²) in [4.78, 5) is 10.9. The van der Waals surface area contributed by atoms with Crippen LogP contribution in [0.25, 0.3) is 0 Å². The van der Waals surface area contributed by atoms with Crippen molar-refractivity contribution in [3.05, 3.63) is 0 Å². The highest BCUT2D eigenvalue weighted by atomic mass is 16.1. The minimum atomic E-state index is -0.569. The lowest BCUT2D eigenvalue weighted by Gasteiger charge is -2.29. The molecule has 3 heteroatoms. The molecule has 3 N–H and O–H groups in total. The van der Waals surface area contributed by atoms with E-state index in [1.807, 2.05) is 13.8 Å². The van der Waals surface area contributed by atoms with E-state index in [9.17, 15) is 4.79 Å². The molecule has 0 rings (SSSR count). The molecule has 0 aliphatic rings. The molecule has 0 fully saturated rings. The number of primary amides is 1. The van der Waals surface area contributed by atoms with Crippen LogP contribution in [0.15, 0.2) is 0 Å². The third-order valence-corrected chi connectivity index (χ3v) is 2.19. The molecule has 60 valence electrons. The van der Waals surface area contributed by atoms with Crippen LogP contribution in [-0.4, -0.2) is 18.5 Å². The second kappa shape index (κ2) is 3.01. The van der Waals surface area contributed by atoms with Gasteiger partial charge in [0, 0.05) is 0 Å². The SMILES string of the molecule is CNC(C)(C(N)=O)C(C)C. The largest absolute Gasteiger partial charge is 0.368 e. The van der Waals surface area contributed by atoms with Crippen LogP contribution < -0.4 is 11.1 Å². The van der Waals surface area contributed by atoms with Crippen molar-refractivity contribution in [2.75, 3.05) is 7.05 Å². The maximum atomic E-state index is 10.9. The number of hydrogen-bond donors (Lipinski definition) is 2. The maximum absolute atomic E-state index is 10.9. The molecular formula is C7H16N2O. The first-order chi connectivity index (χ1) is 4.45. The first kappa shape index (κ1) is 9.43. The average Bonchev–Trinajstić information content (AvgIpc) is 1.85. The first-order valence-corrected chi connectivity index (χ1v) is 3.44. The number of nitrogens with one attached hydrogen (secondary N) is 1. The van der Waals surface area contributed by atoms with Gasteiger partial charge >= 0.3 is 0 Å². The Bertz CT molecular complexity index is 134. The topological polar surface area (TPSA) is 55.1 Å². The van der Waals surface area contributed by atoms with Crippen molar-refractivity contribution in [3.8, 4) is 0 Å². The van der Waals surface area contributed by atoms with Gasteiger partial charge in [0.05, 0.1) is 5.54 Å². The highest BCUT2D eigenvalue weighted by Gasteiger charge is 2.32. The summed E-state index contributed by atoms with van der Waals surface area (Å²) in [5.41, 5.74) is 4.61. The highest BCUT2D eigenvalue weighted by molar-refractivity contribution is 5.84. The molecule has 1 amide bonds. The first-order valence-electron chi connectivity index (χ1n) is 3.44. The van der Waals surface area contributed by atoms with Gasteiger partial charge in [0.15, 0.2) is 0 Å². The van der Waals surface area contributed by atoms with Crippen molar-refractivity contribution in [2.24, 2.45) is 11.7 Å². The summed E-state index contributed by atoms with van der Waals surface area (Å²) in [7, 11) is 1.74. The Hall–Kier alpha value is -0.570. The van der Waals surface area contributed by atoms with Gasteiger partial charge in [-0.15, -0.1) is 0 Å². The van der Waals surface area contributed by atoms with Crippen molar-refractivity contribution < 1.29 is 4.79 Å². The van der Waals surface area contributed by atoms with Crippen LogP contribution in [0.5, 0.6) is 0 Å². The van der Waals surface area contributed by atoms with E-state index in [2.05, 4.69) is 5.32 Å². The zero-order chi connectivity index (χ0) is 8.36. The molecule has 0 aliphatic carbocycles. The molecule has 0 radical (unpaired) electrons. The zero-order valence-electron chi connectivity index (χ0n) is 7.06. The fourth-order valence-corrected chi connectivity index (χ4v) is 0.696. The number of amides is 1. The van der Waals surface area contributed by atoms with Crippen LogP contribution in [0.4, 0.5) is 0 Å². The van der Waals surface area contributed by atoms with Gasteiger partial charge in [-0.05, 0) is 19.9 Å². The smallest absolute Gasteiger partial charge is 0.237 e. The fraction of sp³-hybridized carbons (Fsp3) is 0.857. The molecule has 3 nitrogen and oxygen atoms in total. The van der Waals surface area contributed by atoms with Crippen LogP contribution in [-0.2, 0) is 4.79 Å². The molecule has 0 bridgehead atoms. The zero-order valence-corrected chi connectivity index (χ0v) is 7.06. The quantitative estimate of drug-likeness (QED) is 0.590. The van der Waals surface area contributed by atoms with Crippen molar-refractivity contribution in [1.29, 1.82) is 0 Å². The Kier molecular flexibility index (Phi) is 2.84. The highest BCUT2D eigenvalue weighted by Crippen LogP contribution is 2.14. The normalized spacial score (nSPS) is 16.9. The molecule has 0 spiro atoms. The van der Waals surface area contributed by atoms with Gasteiger partial charge in [0.2, 0.25) is 5.91 Å². The van der Waals surface area contributed by atoms with E-state index in [1.54, 1.807) is 14.0 Å². The van der Waals surface area contributed by atoms with Crippen LogP contribution >= 0.6 is 0 Å². The summed E-state index contributed by atoms with van der Waals surface area (Å²) in [6, 6.07) is 0. The molecule has 0 aliphatic heterocycles. The third kappa shape index (κ3) is 1.48. The summed E-state index contributed by atoms with van der Waals surface area (Å²) in [5, 5.41) is 2.90. The van der Waals surface area contributed by atoms with Crippen molar-refractivity contribution in [2.45, 2.75) is 26.3 Å². The molecule has 0 saturated heterocycles. The maximum Gasteiger partial charge on any atom is 0.237 e. The van der Waals surface area contributed by atoms with E-state index in [0.29, 0.717) is 0 Å². The van der Waals surface area contributed by atoms with Gasteiger partial charge in [0.1, 0.15) is 0 Å². The van der Waals surface area contributed by atoms with Crippen molar-refractivity contribution in [1.82, 2.24) is 5.32 Å².